The van der Waals surface area contributed by atoms with Crippen LogP contribution in [0.4, 0.5) is 10.5 Å². The molecule has 2 aromatic carbocycles. The van der Waals surface area contributed by atoms with Crippen molar-refractivity contribution in [1.82, 2.24) is 63.1 Å². The summed E-state index contributed by atoms with van der Waals surface area (Å²) in [6.45, 7) is 5.73. The molecule has 13 amide bonds. The number of aliphatic hydroxyl groups is 3. The SMILES string of the molecule is CC[C@H](C)[C@@H]1NC(=O)CNC(=O)[C@@H]2Cc3c([nH]c4ccccc34)SC[C@H](NC(=O)CNC1=O)C(=O)N[C@@H](CC(=O)NCc1ccc(NC(=O)[C@H](CCCNC(N)=O)NC(=O)CC(C)C)cc1)C(=O)N1C[C@H](O)C[C@H]1C(=O)N[C@@H]([C@@H](C)[C@@H](O)CO)C(=O)N2. The third-order valence-electron chi connectivity index (χ3n) is 15.2. The number of thioether (sulfide) groups is 1. The molecule has 474 valence electrons. The third-order valence-corrected chi connectivity index (χ3v) is 16.4. The number of aliphatic hydroxyl groups excluding tert-OH is 3. The van der Waals surface area contributed by atoms with Crippen molar-refractivity contribution in [3.8, 4) is 0 Å². The van der Waals surface area contributed by atoms with Crippen LogP contribution in [-0.2, 0) is 65.7 Å². The summed E-state index contributed by atoms with van der Waals surface area (Å²) in [5.41, 5.74) is 6.97. The van der Waals surface area contributed by atoms with Crippen molar-refractivity contribution in [3.63, 3.8) is 0 Å². The van der Waals surface area contributed by atoms with E-state index in [9.17, 15) is 72.9 Å². The number of carbonyl (C=O) groups excluding carboxylic acids is 12. The van der Waals surface area contributed by atoms with E-state index in [1.807, 2.05) is 13.8 Å². The number of fused-ring (bicyclic) bond motifs is 5. The highest BCUT2D eigenvalue weighted by Gasteiger charge is 2.45. The zero-order valence-electron chi connectivity index (χ0n) is 49.1. The van der Waals surface area contributed by atoms with E-state index >= 15 is 0 Å². The molecule has 87 heavy (non-hydrogen) atoms. The highest BCUT2D eigenvalue weighted by Crippen LogP contribution is 2.32. The van der Waals surface area contributed by atoms with Gasteiger partial charge >= 0.3 is 6.03 Å². The molecule has 4 heterocycles. The Kier molecular flexibility index (Phi) is 24.8. The van der Waals surface area contributed by atoms with Crippen molar-refractivity contribution in [2.45, 2.75) is 146 Å². The summed E-state index contributed by atoms with van der Waals surface area (Å²) in [4.78, 5) is 170. The number of aromatic nitrogens is 1. The second-order valence-electron chi connectivity index (χ2n) is 22.4. The number of H-pyrrole nitrogens is 1. The molecule has 0 aliphatic carbocycles. The topological polar surface area (TPSA) is 443 Å². The predicted molar refractivity (Wildman–Crippen MR) is 316 cm³/mol. The molecular weight excluding hydrogens is 1150 g/mol. The van der Waals surface area contributed by atoms with Gasteiger partial charge in [-0.3, -0.25) is 52.7 Å². The number of amides is 13. The molecule has 3 aliphatic rings. The molecule has 1 saturated heterocycles. The Bertz CT molecular complexity index is 3020. The number of para-hydroxylation sites is 1. The van der Waals surface area contributed by atoms with Crippen molar-refractivity contribution in [1.29, 1.82) is 0 Å². The Labute approximate surface area is 506 Å². The maximum Gasteiger partial charge on any atom is 0.312 e. The zero-order chi connectivity index (χ0) is 63.6. The molecule has 2 bridgehead atoms. The van der Waals surface area contributed by atoms with E-state index < -0.39 is 171 Å². The number of benzene rings is 2. The van der Waals surface area contributed by atoms with E-state index in [1.165, 1.54) is 6.92 Å². The summed E-state index contributed by atoms with van der Waals surface area (Å²) >= 11 is 1.00. The molecule has 1 fully saturated rings. The lowest BCUT2D eigenvalue weighted by Gasteiger charge is -2.33. The zero-order valence-corrected chi connectivity index (χ0v) is 49.9. The summed E-state index contributed by atoms with van der Waals surface area (Å²) in [5, 5.41) is 61.7. The first-order valence-corrected chi connectivity index (χ1v) is 29.9. The van der Waals surface area contributed by atoms with Crippen LogP contribution in [0.3, 0.4) is 0 Å². The summed E-state index contributed by atoms with van der Waals surface area (Å²) < 4.78 is 0. The van der Waals surface area contributed by atoms with E-state index in [0.717, 1.165) is 16.7 Å². The van der Waals surface area contributed by atoms with E-state index in [0.29, 0.717) is 45.6 Å². The number of aromatic amines is 1. The lowest BCUT2D eigenvalue weighted by atomic mass is 9.93. The summed E-state index contributed by atoms with van der Waals surface area (Å²) in [6.07, 6.45) is -3.46. The largest absolute Gasteiger partial charge is 0.394 e. The molecule has 1 aromatic heterocycles. The quantitative estimate of drug-likeness (QED) is 0.0569. The number of hydrogen-bond acceptors (Lipinski definition) is 16. The monoisotopic (exact) mass is 1230 g/mol. The van der Waals surface area contributed by atoms with Gasteiger partial charge in [0.2, 0.25) is 65.0 Å². The van der Waals surface area contributed by atoms with Gasteiger partial charge in [0, 0.05) is 67.2 Å². The molecule has 0 radical (unpaired) electrons. The maximum absolute atomic E-state index is 15.0. The fourth-order valence-corrected chi connectivity index (χ4v) is 11.2. The highest BCUT2D eigenvalue weighted by atomic mass is 32.2. The molecule has 30 heteroatoms. The first-order valence-electron chi connectivity index (χ1n) is 28.9. The highest BCUT2D eigenvalue weighted by molar-refractivity contribution is 7.99. The molecule has 11 atom stereocenters. The minimum Gasteiger partial charge on any atom is -0.394 e. The van der Waals surface area contributed by atoms with Crippen LogP contribution in [0.15, 0.2) is 53.6 Å². The summed E-state index contributed by atoms with van der Waals surface area (Å²) in [7, 11) is 0. The Balaban J connectivity index is 1.35. The normalized spacial score (nSPS) is 23.4. The van der Waals surface area contributed by atoms with Crippen molar-refractivity contribution in [2.24, 2.45) is 23.5 Å². The predicted octanol–water partition coefficient (Wildman–Crippen LogP) is -2.89. The van der Waals surface area contributed by atoms with Crippen molar-refractivity contribution >= 4 is 99.4 Å². The molecule has 0 saturated carbocycles. The van der Waals surface area contributed by atoms with Gasteiger partial charge in [0.15, 0.2) is 0 Å². The van der Waals surface area contributed by atoms with E-state index in [2.05, 4.69) is 63.5 Å². The van der Waals surface area contributed by atoms with Gasteiger partial charge in [-0.1, -0.05) is 71.4 Å². The number of anilines is 1. The number of hydrogen-bond donors (Lipinski definition) is 16. The van der Waals surface area contributed by atoms with Crippen LogP contribution < -0.4 is 64.2 Å². The minimum absolute atomic E-state index is 0.0176. The number of carbonyl (C=O) groups is 12. The number of nitrogens with one attached hydrogen (secondary N) is 12. The summed E-state index contributed by atoms with van der Waals surface area (Å²) in [6, 6.07) is 1.98. The first kappa shape index (κ1) is 67.8. The van der Waals surface area contributed by atoms with E-state index in [1.54, 1.807) is 62.4 Å². The summed E-state index contributed by atoms with van der Waals surface area (Å²) in [5.74, 6) is -11.2. The average Bonchev–Trinajstić information content (AvgIpc) is 2.96. The van der Waals surface area contributed by atoms with E-state index in [-0.39, 0.29) is 49.9 Å². The smallest absolute Gasteiger partial charge is 0.312 e. The molecular formula is C57H80N14O15S. The van der Waals surface area contributed by atoms with Gasteiger partial charge in [-0.15, -0.1) is 11.8 Å². The second-order valence-corrected chi connectivity index (χ2v) is 23.4. The first-order chi connectivity index (χ1) is 41.3. The molecule has 3 aliphatic heterocycles. The van der Waals surface area contributed by atoms with Gasteiger partial charge in [-0.2, -0.15) is 0 Å². The number of rotatable bonds is 18. The molecule has 6 rings (SSSR count). The van der Waals surface area contributed by atoms with Crippen LogP contribution in [0.2, 0.25) is 0 Å². The van der Waals surface area contributed by atoms with Crippen molar-refractivity contribution < 1.29 is 72.9 Å². The molecule has 0 unspecified atom stereocenters. The van der Waals surface area contributed by atoms with Crippen molar-refractivity contribution in [2.75, 3.05) is 43.9 Å². The molecule has 3 aromatic rings. The van der Waals surface area contributed by atoms with Crippen LogP contribution in [0.1, 0.15) is 84.3 Å². The fourth-order valence-electron chi connectivity index (χ4n) is 10.1. The van der Waals surface area contributed by atoms with Crippen LogP contribution >= 0.6 is 11.8 Å². The Morgan fingerprint density at radius 2 is 1.47 bits per heavy atom. The Morgan fingerprint density at radius 1 is 0.782 bits per heavy atom. The van der Waals surface area contributed by atoms with Crippen LogP contribution in [-0.4, -0.2) is 189 Å². The average molecular weight is 1230 g/mol. The lowest BCUT2D eigenvalue weighted by Crippen LogP contribution is -2.62. The molecule has 0 spiro atoms. The number of primary amides is 1. The van der Waals surface area contributed by atoms with Gasteiger partial charge in [-0.25, -0.2) is 4.79 Å². The lowest BCUT2D eigenvalue weighted by molar-refractivity contribution is -0.144. The third kappa shape index (κ3) is 19.3. The van der Waals surface area contributed by atoms with Crippen LogP contribution in [0.5, 0.6) is 0 Å². The van der Waals surface area contributed by atoms with E-state index in [4.69, 9.17) is 5.73 Å². The molecule has 29 nitrogen and oxygen atoms in total. The second kappa shape index (κ2) is 31.9. The van der Waals surface area contributed by atoms with Gasteiger partial charge in [0.05, 0.1) is 43.4 Å². The van der Waals surface area contributed by atoms with Gasteiger partial charge in [-0.05, 0) is 54.0 Å². The standard InChI is InChI=1S/C57H80N14O15S/c1-6-29(4)47-53(83)62-23-45(77)65-40-27-87-55-35(34-10-7-8-11-36(34)68-55)20-38(49(79)61-24-46(78)69-47)66-54(84)48(30(5)42(74)26-72)70-52(82)41-19-33(73)25-71(41)56(85)39(67-51(40)81)21-43(75)60-22-31-13-15-32(16-14-31)63-50(80)37(12-9-17-59-57(58)86)64-44(76)18-28(2)3/h7-8,10-11,13-16,28-30,33,37-42,47-48,68,72-74H,6,9,12,17-27H2,1-5H3,(H,60,75)(H,61,79)(H,62,83)(H,63,80)(H,64,76)(H,65,77)(H,66,84)(H,67,81)(H,69,78)(H,70,82)(H3,58,59,86)/t29-,30-,33+,37-,38-,39-,40-,41-,42-,47-,48-/m0/s1. The van der Waals surface area contributed by atoms with Gasteiger partial charge in [0.1, 0.15) is 42.3 Å². The Hall–Kier alpha value is -8.35. The molecule has 17 N–H and O–H groups in total. The number of nitrogens with zero attached hydrogens (tertiary/aromatic N) is 1. The minimum atomic E-state index is -1.82. The van der Waals surface area contributed by atoms with Crippen molar-refractivity contribution in [3.05, 3.63) is 59.7 Å². The number of urea groups is 1. The van der Waals surface area contributed by atoms with Gasteiger partial charge < -0.3 is 89.4 Å². The fraction of sp³-hybridized carbons (Fsp3) is 0.544. The Morgan fingerprint density at radius 3 is 2.15 bits per heavy atom. The van der Waals surface area contributed by atoms with Crippen LogP contribution in [0.25, 0.3) is 10.9 Å². The maximum atomic E-state index is 15.0. The van der Waals surface area contributed by atoms with Gasteiger partial charge in [0.25, 0.3) is 0 Å². The van der Waals surface area contributed by atoms with Crippen LogP contribution in [0, 0.1) is 17.8 Å². The number of nitrogens with two attached hydrogens (primary N) is 1.